The highest BCUT2D eigenvalue weighted by Crippen LogP contribution is 2.19. The molecule has 0 aliphatic heterocycles. The highest BCUT2D eigenvalue weighted by molar-refractivity contribution is 5.79. The first-order valence-electron chi connectivity index (χ1n) is 8.37. The van der Waals surface area contributed by atoms with Crippen molar-refractivity contribution in [3.05, 3.63) is 59.2 Å². The van der Waals surface area contributed by atoms with Crippen molar-refractivity contribution in [2.75, 3.05) is 27.8 Å². The Hall–Kier alpha value is -2.69. The fourth-order valence-corrected chi connectivity index (χ4v) is 2.61. The predicted molar refractivity (Wildman–Crippen MR) is 103 cm³/mol. The van der Waals surface area contributed by atoms with Gasteiger partial charge in [0.15, 0.2) is 5.96 Å². The number of nitrogens with one attached hydrogen (secondary N) is 2. The number of aryl methyl sites for hydroxylation is 1. The second-order valence-electron chi connectivity index (χ2n) is 5.77. The molecular formula is C20H27N3O2. The molecule has 134 valence electrons. The number of nitrogens with zero attached hydrogens (tertiary/aromatic N) is 1. The maximum atomic E-state index is 5.43. The van der Waals surface area contributed by atoms with Crippen LogP contribution in [0.15, 0.2) is 47.5 Å². The quantitative estimate of drug-likeness (QED) is 0.601. The zero-order valence-corrected chi connectivity index (χ0v) is 15.4. The van der Waals surface area contributed by atoms with Crippen LogP contribution < -0.4 is 20.1 Å². The van der Waals surface area contributed by atoms with Crippen LogP contribution >= 0.6 is 0 Å². The molecule has 0 aliphatic carbocycles. The van der Waals surface area contributed by atoms with Crippen molar-refractivity contribution in [3.8, 4) is 11.5 Å². The topological polar surface area (TPSA) is 54.9 Å². The minimum Gasteiger partial charge on any atom is -0.497 e. The van der Waals surface area contributed by atoms with E-state index in [1.54, 1.807) is 21.3 Å². The Kier molecular flexibility index (Phi) is 7.14. The third-order valence-corrected chi connectivity index (χ3v) is 3.94. The second kappa shape index (κ2) is 9.57. The van der Waals surface area contributed by atoms with Crippen LogP contribution in [0.3, 0.4) is 0 Å². The van der Waals surface area contributed by atoms with Crippen LogP contribution in [0, 0.1) is 6.92 Å². The number of benzene rings is 2. The van der Waals surface area contributed by atoms with E-state index in [1.165, 1.54) is 11.1 Å². The molecule has 0 amide bonds. The monoisotopic (exact) mass is 341 g/mol. The van der Waals surface area contributed by atoms with E-state index in [2.05, 4.69) is 40.7 Å². The summed E-state index contributed by atoms with van der Waals surface area (Å²) < 4.78 is 10.7. The SMILES string of the molecule is CN=C(NCCc1cc(C)ccc1OC)NCc1cccc(OC)c1. The summed E-state index contributed by atoms with van der Waals surface area (Å²) in [7, 11) is 5.15. The number of ether oxygens (including phenoxy) is 2. The zero-order valence-electron chi connectivity index (χ0n) is 15.4. The second-order valence-corrected chi connectivity index (χ2v) is 5.77. The molecule has 0 heterocycles. The lowest BCUT2D eigenvalue weighted by atomic mass is 10.1. The molecule has 2 rings (SSSR count). The normalized spacial score (nSPS) is 11.1. The van der Waals surface area contributed by atoms with Gasteiger partial charge in [0.05, 0.1) is 14.2 Å². The maximum absolute atomic E-state index is 5.43. The van der Waals surface area contributed by atoms with Gasteiger partial charge < -0.3 is 20.1 Å². The molecular weight excluding hydrogens is 314 g/mol. The van der Waals surface area contributed by atoms with E-state index in [-0.39, 0.29) is 0 Å². The number of rotatable bonds is 7. The standard InChI is InChI=1S/C20H27N3O2/c1-15-8-9-19(25-4)17(12-15)10-11-22-20(21-2)23-14-16-6-5-7-18(13-16)24-3/h5-9,12-13H,10-11,14H2,1-4H3,(H2,21,22,23). The highest BCUT2D eigenvalue weighted by atomic mass is 16.5. The minimum absolute atomic E-state index is 0.685. The van der Waals surface area contributed by atoms with Crippen molar-refractivity contribution >= 4 is 5.96 Å². The fourth-order valence-electron chi connectivity index (χ4n) is 2.61. The lowest BCUT2D eigenvalue weighted by Gasteiger charge is -2.14. The number of methoxy groups -OCH3 is 2. The van der Waals surface area contributed by atoms with Crippen LogP contribution in [0.1, 0.15) is 16.7 Å². The first-order chi connectivity index (χ1) is 12.2. The van der Waals surface area contributed by atoms with Crippen LogP contribution in [-0.4, -0.2) is 33.8 Å². The summed E-state index contributed by atoms with van der Waals surface area (Å²) in [5, 5.41) is 6.65. The predicted octanol–water partition coefficient (Wildman–Crippen LogP) is 2.92. The van der Waals surface area contributed by atoms with Crippen molar-refractivity contribution < 1.29 is 9.47 Å². The molecule has 5 heteroatoms. The van der Waals surface area contributed by atoms with E-state index in [1.807, 2.05) is 24.3 Å². The fraction of sp³-hybridized carbons (Fsp3) is 0.350. The molecule has 0 bridgehead atoms. The Bertz CT molecular complexity index is 714. The molecule has 0 radical (unpaired) electrons. The number of hydrogen-bond donors (Lipinski definition) is 2. The first-order valence-corrected chi connectivity index (χ1v) is 8.37. The summed E-state index contributed by atoms with van der Waals surface area (Å²) >= 11 is 0. The van der Waals surface area contributed by atoms with Gasteiger partial charge in [-0.25, -0.2) is 0 Å². The number of aliphatic imine (C=N–C) groups is 1. The van der Waals surface area contributed by atoms with Gasteiger partial charge in [0.1, 0.15) is 11.5 Å². The molecule has 0 aromatic heterocycles. The molecule has 0 unspecified atom stereocenters. The summed E-state index contributed by atoms with van der Waals surface area (Å²) in [4.78, 5) is 4.27. The van der Waals surface area contributed by atoms with Gasteiger partial charge >= 0.3 is 0 Å². The molecule has 2 N–H and O–H groups in total. The molecule has 0 fully saturated rings. The first kappa shape index (κ1) is 18.6. The van der Waals surface area contributed by atoms with E-state index in [0.717, 1.165) is 36.0 Å². The summed E-state index contributed by atoms with van der Waals surface area (Å²) in [5.41, 5.74) is 3.57. The van der Waals surface area contributed by atoms with Crippen LogP contribution in [0.25, 0.3) is 0 Å². The smallest absolute Gasteiger partial charge is 0.191 e. The summed E-state index contributed by atoms with van der Waals surface area (Å²) in [6.45, 7) is 3.55. The number of hydrogen-bond acceptors (Lipinski definition) is 3. The van der Waals surface area contributed by atoms with Gasteiger partial charge in [0.25, 0.3) is 0 Å². The molecule has 0 saturated carbocycles. The summed E-state index contributed by atoms with van der Waals surface area (Å²) in [5.74, 6) is 2.55. The molecule has 25 heavy (non-hydrogen) atoms. The van der Waals surface area contributed by atoms with E-state index in [9.17, 15) is 0 Å². The molecule has 0 atom stereocenters. The van der Waals surface area contributed by atoms with Crippen LogP contribution in [0.5, 0.6) is 11.5 Å². The van der Waals surface area contributed by atoms with Crippen molar-refractivity contribution in [2.24, 2.45) is 4.99 Å². The zero-order chi connectivity index (χ0) is 18.1. The van der Waals surface area contributed by atoms with Crippen LogP contribution in [0.4, 0.5) is 0 Å². The molecule has 5 nitrogen and oxygen atoms in total. The summed E-state index contributed by atoms with van der Waals surface area (Å²) in [6.07, 6.45) is 0.866. The van der Waals surface area contributed by atoms with Crippen molar-refractivity contribution in [1.29, 1.82) is 0 Å². The van der Waals surface area contributed by atoms with E-state index < -0.39 is 0 Å². The molecule has 2 aromatic carbocycles. The van der Waals surface area contributed by atoms with Crippen molar-refractivity contribution in [2.45, 2.75) is 19.9 Å². The van der Waals surface area contributed by atoms with Gasteiger partial charge in [0, 0.05) is 20.1 Å². The van der Waals surface area contributed by atoms with Gasteiger partial charge in [-0.05, 0) is 42.7 Å². The van der Waals surface area contributed by atoms with Crippen LogP contribution in [-0.2, 0) is 13.0 Å². The Morgan fingerprint density at radius 2 is 1.88 bits per heavy atom. The third kappa shape index (κ3) is 5.71. The Morgan fingerprint density at radius 1 is 1.04 bits per heavy atom. The van der Waals surface area contributed by atoms with E-state index >= 15 is 0 Å². The third-order valence-electron chi connectivity index (χ3n) is 3.94. The maximum Gasteiger partial charge on any atom is 0.191 e. The Balaban J connectivity index is 1.85. The molecule has 0 spiro atoms. The minimum atomic E-state index is 0.685. The molecule has 0 saturated heterocycles. The molecule has 0 aliphatic rings. The largest absolute Gasteiger partial charge is 0.497 e. The van der Waals surface area contributed by atoms with Crippen molar-refractivity contribution in [1.82, 2.24) is 10.6 Å². The van der Waals surface area contributed by atoms with E-state index in [0.29, 0.717) is 6.54 Å². The van der Waals surface area contributed by atoms with Gasteiger partial charge in [-0.15, -0.1) is 0 Å². The average molecular weight is 341 g/mol. The highest BCUT2D eigenvalue weighted by Gasteiger charge is 2.04. The summed E-state index contributed by atoms with van der Waals surface area (Å²) in [6, 6.07) is 14.2. The number of guanidine groups is 1. The van der Waals surface area contributed by atoms with E-state index in [4.69, 9.17) is 9.47 Å². The van der Waals surface area contributed by atoms with Gasteiger partial charge in [-0.3, -0.25) is 4.99 Å². The Morgan fingerprint density at radius 3 is 2.60 bits per heavy atom. The van der Waals surface area contributed by atoms with Gasteiger partial charge in [-0.2, -0.15) is 0 Å². The van der Waals surface area contributed by atoms with Crippen molar-refractivity contribution in [3.63, 3.8) is 0 Å². The Labute approximate surface area is 150 Å². The van der Waals surface area contributed by atoms with Gasteiger partial charge in [0.2, 0.25) is 0 Å². The van der Waals surface area contributed by atoms with Crippen LogP contribution in [0.2, 0.25) is 0 Å². The average Bonchev–Trinajstić information content (AvgIpc) is 2.64. The lowest BCUT2D eigenvalue weighted by molar-refractivity contribution is 0.409. The van der Waals surface area contributed by atoms with Gasteiger partial charge in [-0.1, -0.05) is 29.8 Å². The lowest BCUT2D eigenvalue weighted by Crippen LogP contribution is -2.37. The molecule has 2 aromatic rings.